The number of guanidine groups is 1. The third-order valence-electron chi connectivity index (χ3n) is 4.54. The van der Waals surface area contributed by atoms with Gasteiger partial charge in [-0.1, -0.05) is 6.07 Å². The molecule has 2 N–H and O–H groups in total. The summed E-state index contributed by atoms with van der Waals surface area (Å²) in [6.45, 7) is 12.0. The van der Waals surface area contributed by atoms with Gasteiger partial charge in [-0.15, -0.1) is 24.0 Å². The van der Waals surface area contributed by atoms with Gasteiger partial charge in [0.2, 0.25) is 0 Å². The zero-order chi connectivity index (χ0) is 19.1. The Bertz CT molecular complexity index is 736. The van der Waals surface area contributed by atoms with Crippen molar-refractivity contribution in [3.63, 3.8) is 0 Å². The lowest BCUT2D eigenvalue weighted by molar-refractivity contribution is 0.635. The molecule has 0 aromatic carbocycles. The fourth-order valence-electron chi connectivity index (χ4n) is 2.97. The average molecular weight is 484 g/mol. The minimum atomic E-state index is 0. The minimum Gasteiger partial charge on any atom is -0.357 e. The van der Waals surface area contributed by atoms with Crippen molar-refractivity contribution in [2.24, 2.45) is 12.0 Å². The lowest BCUT2D eigenvalue weighted by Gasteiger charge is -2.18. The minimum absolute atomic E-state index is 0. The van der Waals surface area contributed by atoms with Gasteiger partial charge in [0, 0.05) is 43.8 Å². The van der Waals surface area contributed by atoms with E-state index in [2.05, 4.69) is 54.5 Å². The Morgan fingerprint density at radius 3 is 2.56 bits per heavy atom. The molecule has 0 bridgehead atoms. The van der Waals surface area contributed by atoms with Crippen LogP contribution in [0.25, 0.3) is 0 Å². The largest absolute Gasteiger partial charge is 0.357 e. The highest BCUT2D eigenvalue weighted by Gasteiger charge is 2.13. The van der Waals surface area contributed by atoms with Gasteiger partial charge in [0.05, 0.1) is 5.69 Å². The molecule has 27 heavy (non-hydrogen) atoms. The van der Waals surface area contributed by atoms with Crippen LogP contribution in [-0.4, -0.2) is 39.9 Å². The molecule has 0 saturated heterocycles. The van der Waals surface area contributed by atoms with E-state index >= 15 is 0 Å². The third kappa shape index (κ3) is 7.12. The van der Waals surface area contributed by atoms with E-state index in [0.717, 1.165) is 43.3 Å². The van der Waals surface area contributed by atoms with Crippen molar-refractivity contribution in [3.05, 3.63) is 46.5 Å². The normalized spacial score (nSPS) is 12.4. The molecule has 0 saturated carbocycles. The van der Waals surface area contributed by atoms with Crippen LogP contribution in [0.15, 0.2) is 23.3 Å². The highest BCUT2D eigenvalue weighted by Crippen LogP contribution is 2.14. The summed E-state index contributed by atoms with van der Waals surface area (Å²) >= 11 is 0. The highest BCUT2D eigenvalue weighted by molar-refractivity contribution is 14.0. The van der Waals surface area contributed by atoms with Crippen LogP contribution in [0.1, 0.15) is 42.1 Å². The number of aryl methyl sites for hydroxylation is 3. The highest BCUT2D eigenvalue weighted by atomic mass is 127. The second-order valence-corrected chi connectivity index (χ2v) is 6.84. The molecule has 0 radical (unpaired) electrons. The number of nitrogens with zero attached hydrogens (tertiary/aromatic N) is 4. The Morgan fingerprint density at radius 1 is 1.26 bits per heavy atom. The van der Waals surface area contributed by atoms with Gasteiger partial charge in [-0.3, -0.25) is 14.7 Å². The van der Waals surface area contributed by atoms with Crippen LogP contribution >= 0.6 is 24.0 Å². The number of aliphatic imine (C=N–C) groups is 1. The fourth-order valence-corrected chi connectivity index (χ4v) is 2.97. The van der Waals surface area contributed by atoms with Crippen LogP contribution in [-0.2, 0) is 19.9 Å². The van der Waals surface area contributed by atoms with E-state index in [9.17, 15) is 0 Å². The van der Waals surface area contributed by atoms with Crippen molar-refractivity contribution in [2.75, 3.05) is 13.1 Å². The second kappa shape index (κ2) is 11.3. The van der Waals surface area contributed by atoms with E-state index in [1.165, 1.54) is 16.8 Å². The monoisotopic (exact) mass is 484 g/mol. The maximum Gasteiger partial charge on any atom is 0.191 e. The van der Waals surface area contributed by atoms with Crippen LogP contribution in [0.2, 0.25) is 0 Å². The third-order valence-corrected chi connectivity index (χ3v) is 4.54. The summed E-state index contributed by atoms with van der Waals surface area (Å²) in [5.41, 5.74) is 5.90. The van der Waals surface area contributed by atoms with Crippen LogP contribution in [0, 0.1) is 20.8 Å². The predicted molar refractivity (Wildman–Crippen MR) is 123 cm³/mol. The fraction of sp³-hybridized carbons (Fsp3) is 0.550. The summed E-state index contributed by atoms with van der Waals surface area (Å²) in [6, 6.07) is 4.44. The second-order valence-electron chi connectivity index (χ2n) is 6.84. The molecule has 7 heteroatoms. The van der Waals surface area contributed by atoms with Gasteiger partial charge in [0.1, 0.15) is 0 Å². The Hall–Kier alpha value is -1.64. The lowest BCUT2D eigenvalue weighted by Crippen LogP contribution is -2.43. The Labute approximate surface area is 180 Å². The molecule has 0 aliphatic heterocycles. The first-order chi connectivity index (χ1) is 12.4. The van der Waals surface area contributed by atoms with Gasteiger partial charge >= 0.3 is 0 Å². The summed E-state index contributed by atoms with van der Waals surface area (Å²) in [6.07, 6.45) is 3.75. The predicted octanol–water partition coefficient (Wildman–Crippen LogP) is 3.09. The van der Waals surface area contributed by atoms with Crippen LogP contribution in [0.5, 0.6) is 0 Å². The van der Waals surface area contributed by atoms with Crippen molar-refractivity contribution in [1.82, 2.24) is 25.4 Å². The molecule has 6 nitrogen and oxygen atoms in total. The maximum absolute atomic E-state index is 4.71. The van der Waals surface area contributed by atoms with E-state index in [-0.39, 0.29) is 30.0 Å². The topological polar surface area (TPSA) is 67.1 Å². The van der Waals surface area contributed by atoms with Crippen molar-refractivity contribution in [3.8, 4) is 0 Å². The number of nitrogens with one attached hydrogen (secondary N) is 2. The van der Waals surface area contributed by atoms with Crippen molar-refractivity contribution in [1.29, 1.82) is 0 Å². The number of rotatable bonds is 7. The van der Waals surface area contributed by atoms with Crippen molar-refractivity contribution >= 4 is 29.9 Å². The summed E-state index contributed by atoms with van der Waals surface area (Å²) < 4.78 is 1.95. The summed E-state index contributed by atoms with van der Waals surface area (Å²) in [7, 11) is 2.00. The molecule has 0 amide bonds. The lowest BCUT2D eigenvalue weighted by atomic mass is 10.1. The summed E-state index contributed by atoms with van der Waals surface area (Å²) in [4.78, 5) is 9.05. The number of aromatic nitrogens is 3. The zero-order valence-corrected chi connectivity index (χ0v) is 19.7. The molecule has 1 unspecified atom stereocenters. The Kier molecular flexibility index (Phi) is 9.76. The smallest absolute Gasteiger partial charge is 0.191 e. The SMILES string of the molecule is CCNC(=NCCc1ccc(C)nc1)NC(C)Cc1c(C)nn(C)c1C.I. The van der Waals surface area contributed by atoms with E-state index in [4.69, 9.17) is 4.99 Å². The average Bonchev–Trinajstić information content (AvgIpc) is 2.83. The van der Waals surface area contributed by atoms with Crippen LogP contribution in [0.4, 0.5) is 0 Å². The van der Waals surface area contributed by atoms with Crippen LogP contribution < -0.4 is 10.6 Å². The summed E-state index contributed by atoms with van der Waals surface area (Å²) in [5.74, 6) is 0.860. The van der Waals surface area contributed by atoms with Crippen molar-refractivity contribution < 1.29 is 0 Å². The van der Waals surface area contributed by atoms with E-state index < -0.39 is 0 Å². The van der Waals surface area contributed by atoms with E-state index in [1.54, 1.807) is 0 Å². The molecule has 0 aliphatic carbocycles. The quantitative estimate of drug-likeness (QED) is 0.360. The van der Waals surface area contributed by atoms with Gasteiger partial charge in [-0.2, -0.15) is 5.10 Å². The Balaban J connectivity index is 0.00000364. The van der Waals surface area contributed by atoms with Gasteiger partial charge in [-0.25, -0.2) is 0 Å². The van der Waals surface area contributed by atoms with E-state index in [1.807, 2.05) is 30.9 Å². The molecule has 0 spiro atoms. The number of halogens is 1. The molecule has 2 aromatic rings. The number of pyridine rings is 1. The molecule has 2 rings (SSSR count). The van der Waals surface area contributed by atoms with E-state index in [0.29, 0.717) is 0 Å². The maximum atomic E-state index is 4.71. The van der Waals surface area contributed by atoms with Crippen LogP contribution in [0.3, 0.4) is 0 Å². The zero-order valence-electron chi connectivity index (χ0n) is 17.3. The summed E-state index contributed by atoms with van der Waals surface area (Å²) in [5, 5.41) is 11.3. The molecule has 2 aromatic heterocycles. The van der Waals surface area contributed by atoms with Gasteiger partial charge in [0.15, 0.2) is 5.96 Å². The molecule has 0 aliphatic rings. The molecular formula is C20H33IN6. The number of hydrogen-bond donors (Lipinski definition) is 2. The van der Waals surface area contributed by atoms with Crippen molar-refractivity contribution in [2.45, 2.75) is 53.5 Å². The molecule has 150 valence electrons. The first kappa shape index (κ1) is 23.4. The molecular weight excluding hydrogens is 451 g/mol. The standard InChI is InChI=1S/C20H32N6.HI/c1-7-21-20(22-11-10-18-9-8-14(2)23-13-18)24-15(3)12-19-16(4)25-26(6)17(19)5;/h8-9,13,15H,7,10-12H2,1-6H3,(H2,21,22,24);1H. The van der Waals surface area contributed by atoms with Gasteiger partial charge in [0.25, 0.3) is 0 Å². The Morgan fingerprint density at radius 2 is 2.00 bits per heavy atom. The molecule has 2 heterocycles. The van der Waals surface area contributed by atoms with Gasteiger partial charge < -0.3 is 10.6 Å². The van der Waals surface area contributed by atoms with Gasteiger partial charge in [-0.05, 0) is 64.7 Å². The first-order valence-corrected chi connectivity index (χ1v) is 9.36. The first-order valence-electron chi connectivity index (χ1n) is 9.36. The number of hydrogen-bond acceptors (Lipinski definition) is 3. The molecule has 0 fully saturated rings. The molecule has 1 atom stereocenters.